The lowest BCUT2D eigenvalue weighted by Gasteiger charge is -2.44. The van der Waals surface area contributed by atoms with E-state index in [-0.39, 0.29) is 30.7 Å². The average molecular weight is 265 g/mol. The zero-order chi connectivity index (χ0) is 13.8. The zero-order valence-corrected chi connectivity index (χ0v) is 10.6. The van der Waals surface area contributed by atoms with E-state index in [0.717, 1.165) is 12.8 Å². The maximum absolute atomic E-state index is 12.3. The smallest absolute Gasteiger partial charge is 0.287 e. The van der Waals surface area contributed by atoms with Crippen molar-refractivity contribution in [3.05, 3.63) is 28.1 Å². The molecule has 2 heterocycles. The minimum Gasteiger partial charge on any atom is -0.386 e. The molecule has 0 aromatic carbocycles. The van der Waals surface area contributed by atoms with Gasteiger partial charge in [0, 0.05) is 12.1 Å². The summed E-state index contributed by atoms with van der Waals surface area (Å²) >= 11 is 0. The standard InChI is InChI=1S/C12H15N3O4/c1-12(17)6-13(7-12)11(16)10-4-9(15(18)19)5-14(10)8-2-3-8/h4-5,8,17H,2-3,6-7H2,1H3. The molecule has 0 radical (unpaired) electrons. The molecule has 0 bridgehead atoms. The van der Waals surface area contributed by atoms with Crippen molar-refractivity contribution in [1.82, 2.24) is 9.47 Å². The zero-order valence-electron chi connectivity index (χ0n) is 10.6. The van der Waals surface area contributed by atoms with E-state index in [9.17, 15) is 20.0 Å². The Balaban J connectivity index is 1.87. The second-order valence-electron chi connectivity index (χ2n) is 5.64. The monoisotopic (exact) mass is 265 g/mol. The van der Waals surface area contributed by atoms with Crippen molar-refractivity contribution in [2.24, 2.45) is 0 Å². The third-order valence-electron chi connectivity index (χ3n) is 3.55. The first kappa shape index (κ1) is 12.2. The maximum atomic E-state index is 12.3. The molecule has 102 valence electrons. The van der Waals surface area contributed by atoms with Gasteiger partial charge in [-0.2, -0.15) is 0 Å². The molecule has 7 heteroatoms. The maximum Gasteiger partial charge on any atom is 0.287 e. The number of β-amino-alcohol motifs (C(OH)–C–C–N with tert-alkyl or cyclic N) is 1. The van der Waals surface area contributed by atoms with Crippen LogP contribution in [0.1, 0.15) is 36.3 Å². The molecular formula is C12H15N3O4. The van der Waals surface area contributed by atoms with Gasteiger partial charge in [0.15, 0.2) is 0 Å². The topological polar surface area (TPSA) is 88.6 Å². The number of aromatic nitrogens is 1. The largest absolute Gasteiger partial charge is 0.386 e. The molecule has 0 atom stereocenters. The molecule has 19 heavy (non-hydrogen) atoms. The molecule has 1 aromatic rings. The van der Waals surface area contributed by atoms with E-state index < -0.39 is 10.5 Å². The highest BCUT2D eigenvalue weighted by molar-refractivity contribution is 5.94. The summed E-state index contributed by atoms with van der Waals surface area (Å²) in [5.41, 5.74) is -0.536. The number of nitrogens with zero attached hydrogens (tertiary/aromatic N) is 3. The Hall–Kier alpha value is -1.89. The van der Waals surface area contributed by atoms with Crippen LogP contribution < -0.4 is 0 Å². The van der Waals surface area contributed by atoms with E-state index in [2.05, 4.69) is 0 Å². The number of hydrogen-bond acceptors (Lipinski definition) is 4. The Morgan fingerprint density at radius 1 is 1.53 bits per heavy atom. The van der Waals surface area contributed by atoms with Gasteiger partial charge >= 0.3 is 0 Å². The highest BCUT2D eigenvalue weighted by Gasteiger charge is 2.41. The van der Waals surface area contributed by atoms with Crippen LogP contribution in [0.3, 0.4) is 0 Å². The molecule has 1 saturated carbocycles. The van der Waals surface area contributed by atoms with Crippen LogP contribution in [0, 0.1) is 10.1 Å². The number of carbonyl (C=O) groups excluding carboxylic acids is 1. The van der Waals surface area contributed by atoms with Gasteiger partial charge in [0.1, 0.15) is 5.69 Å². The van der Waals surface area contributed by atoms with Crippen LogP contribution in [-0.2, 0) is 0 Å². The quantitative estimate of drug-likeness (QED) is 0.650. The summed E-state index contributed by atoms with van der Waals surface area (Å²) in [6.07, 6.45) is 3.33. The van der Waals surface area contributed by atoms with Crippen molar-refractivity contribution in [2.45, 2.75) is 31.4 Å². The Morgan fingerprint density at radius 2 is 2.16 bits per heavy atom. The number of hydrogen-bond donors (Lipinski definition) is 1. The molecular weight excluding hydrogens is 250 g/mol. The summed E-state index contributed by atoms with van der Waals surface area (Å²) in [5.74, 6) is -0.244. The van der Waals surface area contributed by atoms with Crippen molar-refractivity contribution in [3.63, 3.8) is 0 Å². The Labute approximate surface area is 109 Å². The fourth-order valence-electron chi connectivity index (χ4n) is 2.47. The Morgan fingerprint density at radius 3 is 2.63 bits per heavy atom. The molecule has 1 aromatic heterocycles. The summed E-state index contributed by atoms with van der Waals surface area (Å²) in [6.45, 7) is 2.21. The van der Waals surface area contributed by atoms with Crippen LogP contribution in [0.25, 0.3) is 0 Å². The highest BCUT2D eigenvalue weighted by atomic mass is 16.6. The average Bonchev–Trinajstić information content (AvgIpc) is 3.03. The number of amides is 1. The van der Waals surface area contributed by atoms with Crippen molar-refractivity contribution >= 4 is 11.6 Å². The Bertz CT molecular complexity index is 551. The Kier molecular flexibility index (Phi) is 2.43. The molecule has 3 rings (SSSR count). The van der Waals surface area contributed by atoms with E-state index >= 15 is 0 Å². The summed E-state index contributed by atoms with van der Waals surface area (Å²) in [7, 11) is 0. The lowest BCUT2D eigenvalue weighted by atomic mass is 9.96. The number of nitro groups is 1. The van der Waals surface area contributed by atoms with Crippen LogP contribution in [0.15, 0.2) is 12.3 Å². The van der Waals surface area contributed by atoms with Gasteiger partial charge < -0.3 is 14.6 Å². The van der Waals surface area contributed by atoms with Gasteiger partial charge in [-0.15, -0.1) is 0 Å². The summed E-state index contributed by atoms with van der Waals surface area (Å²) in [6, 6.07) is 1.53. The summed E-state index contributed by atoms with van der Waals surface area (Å²) in [5, 5.41) is 20.5. The van der Waals surface area contributed by atoms with Gasteiger partial charge in [-0.25, -0.2) is 0 Å². The molecule has 1 aliphatic carbocycles. The lowest BCUT2D eigenvalue weighted by Crippen LogP contribution is -2.61. The third-order valence-corrected chi connectivity index (χ3v) is 3.55. The molecule has 0 spiro atoms. The van der Waals surface area contributed by atoms with Crippen LogP contribution in [-0.4, -0.2) is 44.1 Å². The molecule has 2 fully saturated rings. The van der Waals surface area contributed by atoms with Crippen molar-refractivity contribution in [1.29, 1.82) is 0 Å². The van der Waals surface area contributed by atoms with E-state index in [1.54, 1.807) is 11.5 Å². The number of carbonyl (C=O) groups is 1. The van der Waals surface area contributed by atoms with E-state index in [0.29, 0.717) is 5.69 Å². The minimum absolute atomic E-state index is 0.0532. The first-order chi connectivity index (χ1) is 8.87. The highest BCUT2D eigenvalue weighted by Crippen LogP contribution is 2.38. The molecule has 0 unspecified atom stereocenters. The van der Waals surface area contributed by atoms with E-state index in [1.807, 2.05) is 0 Å². The predicted octanol–water partition coefficient (Wildman–Crippen LogP) is 0.938. The summed E-state index contributed by atoms with van der Waals surface area (Å²) in [4.78, 5) is 24.1. The molecule has 1 amide bonds. The third kappa shape index (κ3) is 2.10. The van der Waals surface area contributed by atoms with Crippen LogP contribution in [0.4, 0.5) is 5.69 Å². The van der Waals surface area contributed by atoms with Crippen molar-refractivity contribution < 1.29 is 14.8 Å². The fourth-order valence-corrected chi connectivity index (χ4v) is 2.47. The summed E-state index contributed by atoms with van der Waals surface area (Å²) < 4.78 is 1.70. The van der Waals surface area contributed by atoms with E-state index in [4.69, 9.17) is 0 Å². The van der Waals surface area contributed by atoms with Crippen molar-refractivity contribution in [3.8, 4) is 0 Å². The minimum atomic E-state index is -0.835. The van der Waals surface area contributed by atoms with Gasteiger partial charge in [-0.3, -0.25) is 14.9 Å². The predicted molar refractivity (Wildman–Crippen MR) is 65.9 cm³/mol. The normalized spacial score (nSPS) is 21.1. The van der Waals surface area contributed by atoms with Crippen LogP contribution >= 0.6 is 0 Å². The second-order valence-corrected chi connectivity index (χ2v) is 5.64. The number of rotatable bonds is 3. The lowest BCUT2D eigenvalue weighted by molar-refractivity contribution is -0.384. The van der Waals surface area contributed by atoms with E-state index in [1.165, 1.54) is 17.2 Å². The van der Waals surface area contributed by atoms with Gasteiger partial charge in [0.05, 0.1) is 29.8 Å². The SMILES string of the molecule is CC1(O)CN(C(=O)c2cc([N+](=O)[O-])cn2C2CC2)C1. The molecule has 1 N–H and O–H groups in total. The van der Waals surface area contributed by atoms with Gasteiger partial charge in [-0.1, -0.05) is 0 Å². The first-order valence-electron chi connectivity index (χ1n) is 6.25. The number of likely N-dealkylation sites (tertiary alicyclic amines) is 1. The second kappa shape index (κ2) is 3.80. The van der Waals surface area contributed by atoms with Gasteiger partial charge in [0.2, 0.25) is 0 Å². The van der Waals surface area contributed by atoms with Gasteiger partial charge in [0.25, 0.3) is 11.6 Å². The van der Waals surface area contributed by atoms with Gasteiger partial charge in [-0.05, 0) is 19.8 Å². The first-order valence-corrected chi connectivity index (χ1v) is 6.25. The van der Waals surface area contributed by atoms with Crippen LogP contribution in [0.5, 0.6) is 0 Å². The van der Waals surface area contributed by atoms with Crippen LogP contribution in [0.2, 0.25) is 0 Å². The molecule has 1 saturated heterocycles. The molecule has 7 nitrogen and oxygen atoms in total. The number of aliphatic hydroxyl groups is 1. The van der Waals surface area contributed by atoms with Crippen molar-refractivity contribution in [2.75, 3.05) is 13.1 Å². The fraction of sp³-hybridized carbons (Fsp3) is 0.583. The molecule has 2 aliphatic rings. The molecule has 1 aliphatic heterocycles.